The number of H-pyrrole nitrogens is 1. The number of carbonyl (C=O) groups is 1. The molecule has 1 aromatic heterocycles. The van der Waals surface area contributed by atoms with Crippen LogP contribution in [0.5, 0.6) is 5.75 Å². The van der Waals surface area contributed by atoms with Gasteiger partial charge in [-0.25, -0.2) is 13.1 Å². The minimum atomic E-state index is -3.71. The SMILES string of the molecule is CCOc1ccc(-c2[nH]ncc2CNS(=O)(=O)c2ccc(C(C)=O)cc2)cc1. The number of ether oxygens (including phenoxy) is 1. The fourth-order valence-corrected chi connectivity index (χ4v) is 3.71. The molecule has 3 aromatic rings. The molecule has 0 aliphatic carbocycles. The van der Waals surface area contributed by atoms with E-state index >= 15 is 0 Å². The van der Waals surface area contributed by atoms with Gasteiger partial charge in [-0.1, -0.05) is 12.1 Å². The Balaban J connectivity index is 1.74. The summed E-state index contributed by atoms with van der Waals surface area (Å²) in [5.41, 5.74) is 2.79. The maximum absolute atomic E-state index is 12.5. The molecule has 0 unspecified atom stereocenters. The summed E-state index contributed by atoms with van der Waals surface area (Å²) in [6.45, 7) is 4.02. The highest BCUT2D eigenvalue weighted by molar-refractivity contribution is 7.89. The van der Waals surface area contributed by atoms with E-state index < -0.39 is 10.0 Å². The monoisotopic (exact) mass is 399 g/mol. The molecule has 146 valence electrons. The predicted octanol–water partition coefficient (Wildman–Crippen LogP) is 3.16. The number of ketones is 1. The molecule has 8 heteroatoms. The van der Waals surface area contributed by atoms with Crippen molar-refractivity contribution in [3.63, 3.8) is 0 Å². The molecule has 0 bridgehead atoms. The zero-order valence-corrected chi connectivity index (χ0v) is 16.4. The maximum atomic E-state index is 12.5. The van der Waals surface area contributed by atoms with E-state index in [4.69, 9.17) is 4.74 Å². The van der Waals surface area contributed by atoms with Gasteiger partial charge in [-0.3, -0.25) is 9.89 Å². The molecule has 28 heavy (non-hydrogen) atoms. The summed E-state index contributed by atoms with van der Waals surface area (Å²) in [7, 11) is -3.71. The molecule has 1 heterocycles. The summed E-state index contributed by atoms with van der Waals surface area (Å²) >= 11 is 0. The highest BCUT2D eigenvalue weighted by Crippen LogP contribution is 2.24. The molecule has 0 saturated carbocycles. The van der Waals surface area contributed by atoms with Crippen LogP contribution in [0.15, 0.2) is 59.6 Å². The van der Waals surface area contributed by atoms with Crippen LogP contribution in [-0.2, 0) is 16.6 Å². The summed E-state index contributed by atoms with van der Waals surface area (Å²) in [6.07, 6.45) is 1.59. The van der Waals surface area contributed by atoms with E-state index in [1.807, 2.05) is 31.2 Å². The molecule has 2 N–H and O–H groups in total. The third kappa shape index (κ3) is 4.47. The van der Waals surface area contributed by atoms with E-state index in [1.165, 1.54) is 31.2 Å². The van der Waals surface area contributed by atoms with Gasteiger partial charge in [0.2, 0.25) is 10.0 Å². The fraction of sp³-hybridized carbons (Fsp3) is 0.200. The number of nitrogens with zero attached hydrogens (tertiary/aromatic N) is 1. The van der Waals surface area contributed by atoms with Crippen molar-refractivity contribution in [3.8, 4) is 17.0 Å². The first kappa shape index (κ1) is 19.8. The van der Waals surface area contributed by atoms with Crippen molar-refractivity contribution in [1.82, 2.24) is 14.9 Å². The van der Waals surface area contributed by atoms with Crippen LogP contribution in [0.25, 0.3) is 11.3 Å². The lowest BCUT2D eigenvalue weighted by Crippen LogP contribution is -2.23. The van der Waals surface area contributed by atoms with Crippen LogP contribution in [0.1, 0.15) is 29.8 Å². The standard InChI is InChI=1S/C20H21N3O4S/c1-3-27-18-8-4-16(5-9-18)20-17(12-21-23-20)13-22-28(25,26)19-10-6-15(7-11-19)14(2)24/h4-12,22H,3,13H2,1-2H3,(H,21,23). The number of aromatic amines is 1. The zero-order valence-electron chi connectivity index (χ0n) is 15.6. The van der Waals surface area contributed by atoms with E-state index in [9.17, 15) is 13.2 Å². The highest BCUT2D eigenvalue weighted by Gasteiger charge is 2.16. The average Bonchev–Trinajstić information content (AvgIpc) is 3.16. The van der Waals surface area contributed by atoms with E-state index in [1.54, 1.807) is 6.20 Å². The van der Waals surface area contributed by atoms with Crippen LogP contribution in [-0.4, -0.2) is 31.0 Å². The Morgan fingerprint density at radius 1 is 1.11 bits per heavy atom. The third-order valence-electron chi connectivity index (χ3n) is 4.20. The molecular weight excluding hydrogens is 378 g/mol. The van der Waals surface area contributed by atoms with Gasteiger partial charge >= 0.3 is 0 Å². The van der Waals surface area contributed by atoms with Crippen molar-refractivity contribution < 1.29 is 17.9 Å². The minimum Gasteiger partial charge on any atom is -0.494 e. The summed E-state index contributed by atoms with van der Waals surface area (Å²) in [4.78, 5) is 11.4. The van der Waals surface area contributed by atoms with Gasteiger partial charge in [0.1, 0.15) is 5.75 Å². The van der Waals surface area contributed by atoms with Crippen LogP contribution in [0.3, 0.4) is 0 Å². The molecule has 0 spiro atoms. The lowest BCUT2D eigenvalue weighted by molar-refractivity contribution is 0.101. The van der Waals surface area contributed by atoms with E-state index in [0.717, 1.165) is 17.0 Å². The molecule has 7 nitrogen and oxygen atoms in total. The number of hydrogen-bond donors (Lipinski definition) is 2. The van der Waals surface area contributed by atoms with Gasteiger partial charge in [0.05, 0.1) is 23.4 Å². The Kier molecular flexibility index (Phi) is 5.91. The lowest BCUT2D eigenvalue weighted by Gasteiger charge is -2.09. The highest BCUT2D eigenvalue weighted by atomic mass is 32.2. The second-order valence-corrected chi connectivity index (χ2v) is 7.90. The second-order valence-electron chi connectivity index (χ2n) is 6.13. The summed E-state index contributed by atoms with van der Waals surface area (Å²) in [6, 6.07) is 13.3. The van der Waals surface area contributed by atoms with Gasteiger partial charge in [0.25, 0.3) is 0 Å². The quantitative estimate of drug-likeness (QED) is 0.567. The van der Waals surface area contributed by atoms with Crippen LogP contribution in [0.4, 0.5) is 0 Å². The number of benzene rings is 2. The average molecular weight is 399 g/mol. The van der Waals surface area contributed by atoms with Crippen molar-refractivity contribution in [2.24, 2.45) is 0 Å². The van der Waals surface area contributed by atoms with Crippen molar-refractivity contribution in [2.45, 2.75) is 25.3 Å². The topological polar surface area (TPSA) is 101 Å². The molecule has 0 amide bonds. The number of nitrogens with one attached hydrogen (secondary N) is 2. The minimum absolute atomic E-state index is 0.0792. The number of hydrogen-bond acceptors (Lipinski definition) is 5. The molecule has 0 aliphatic heterocycles. The van der Waals surface area contributed by atoms with Gasteiger partial charge in [-0.2, -0.15) is 5.10 Å². The molecule has 0 saturated heterocycles. The summed E-state index contributed by atoms with van der Waals surface area (Å²) in [5.74, 6) is 0.650. The number of aromatic nitrogens is 2. The van der Waals surface area contributed by atoms with Crippen molar-refractivity contribution in [1.29, 1.82) is 0 Å². The summed E-state index contributed by atoms with van der Waals surface area (Å²) < 4.78 is 33.1. The molecule has 0 fully saturated rings. The van der Waals surface area contributed by atoms with Crippen LogP contribution >= 0.6 is 0 Å². The van der Waals surface area contributed by atoms with E-state index in [-0.39, 0.29) is 17.2 Å². The molecule has 3 rings (SSSR count). The van der Waals surface area contributed by atoms with E-state index in [2.05, 4.69) is 14.9 Å². The van der Waals surface area contributed by atoms with Crippen LogP contribution in [0, 0.1) is 0 Å². The molecule has 0 radical (unpaired) electrons. The normalized spacial score (nSPS) is 11.4. The molecular formula is C20H21N3O4S. The Labute approximate surface area is 163 Å². The van der Waals surface area contributed by atoms with Crippen LogP contribution < -0.4 is 9.46 Å². The van der Waals surface area contributed by atoms with E-state index in [0.29, 0.717) is 17.7 Å². The van der Waals surface area contributed by atoms with Gasteiger partial charge < -0.3 is 4.74 Å². The lowest BCUT2D eigenvalue weighted by atomic mass is 10.1. The molecule has 0 atom stereocenters. The van der Waals surface area contributed by atoms with Crippen molar-refractivity contribution in [3.05, 3.63) is 65.9 Å². The first-order valence-corrected chi connectivity index (χ1v) is 10.2. The Hall–Kier alpha value is -2.97. The number of rotatable bonds is 8. The smallest absolute Gasteiger partial charge is 0.240 e. The van der Waals surface area contributed by atoms with Crippen molar-refractivity contribution in [2.75, 3.05) is 6.61 Å². The predicted molar refractivity (Wildman–Crippen MR) is 106 cm³/mol. The first-order valence-electron chi connectivity index (χ1n) is 8.77. The van der Waals surface area contributed by atoms with Crippen molar-refractivity contribution >= 4 is 15.8 Å². The number of sulfonamides is 1. The largest absolute Gasteiger partial charge is 0.494 e. The first-order chi connectivity index (χ1) is 13.4. The fourth-order valence-electron chi connectivity index (χ4n) is 2.70. The zero-order chi connectivity index (χ0) is 20.1. The number of carbonyl (C=O) groups excluding carboxylic acids is 1. The summed E-state index contributed by atoms with van der Waals surface area (Å²) in [5, 5.41) is 6.94. The second kappa shape index (κ2) is 8.37. The maximum Gasteiger partial charge on any atom is 0.240 e. The van der Waals surface area contributed by atoms with Gasteiger partial charge in [-0.15, -0.1) is 0 Å². The van der Waals surface area contributed by atoms with Gasteiger partial charge in [0, 0.05) is 23.2 Å². The Bertz CT molecular complexity index is 1060. The number of Topliss-reactive ketones (excluding diaryl/α,β-unsaturated/α-hetero) is 1. The van der Waals surface area contributed by atoms with Gasteiger partial charge in [0.15, 0.2) is 5.78 Å². The Morgan fingerprint density at radius 2 is 1.79 bits per heavy atom. The third-order valence-corrected chi connectivity index (χ3v) is 5.61. The molecule has 0 aliphatic rings. The Morgan fingerprint density at radius 3 is 2.39 bits per heavy atom. The van der Waals surface area contributed by atoms with Crippen LogP contribution in [0.2, 0.25) is 0 Å². The molecule has 2 aromatic carbocycles. The van der Waals surface area contributed by atoms with Gasteiger partial charge in [-0.05, 0) is 50.2 Å².